The molecule has 4 nitrogen and oxygen atoms in total. The molecule has 0 N–H and O–H groups in total. The number of likely N-dealkylation sites (N-methyl/N-ethyl adjacent to an activating group) is 1. The molecule has 0 bridgehead atoms. The third-order valence-electron chi connectivity index (χ3n) is 5.66. The molecular formula is C23H31N3O. The van der Waals surface area contributed by atoms with Gasteiger partial charge in [-0.1, -0.05) is 50.2 Å². The van der Waals surface area contributed by atoms with Crippen molar-refractivity contribution in [2.75, 3.05) is 31.1 Å². The number of carbonyl (C=O) groups is 1. The molecule has 3 rings (SSSR count). The number of para-hydroxylation sites is 2. The van der Waals surface area contributed by atoms with Gasteiger partial charge in [-0.15, -0.1) is 0 Å². The molecule has 2 aromatic rings. The first-order valence-corrected chi connectivity index (χ1v) is 10.2. The molecule has 2 aromatic carbocycles. The smallest absolute Gasteiger partial charge is 0.325 e. The number of benzene rings is 2. The highest BCUT2D eigenvalue weighted by molar-refractivity contribution is 6.01. The Hall–Kier alpha value is -2.33. The van der Waals surface area contributed by atoms with Gasteiger partial charge in [0.1, 0.15) is 0 Å². The van der Waals surface area contributed by atoms with Crippen LogP contribution >= 0.6 is 0 Å². The fourth-order valence-corrected chi connectivity index (χ4v) is 4.15. The zero-order valence-electron chi connectivity index (χ0n) is 17.0. The predicted molar refractivity (Wildman–Crippen MR) is 113 cm³/mol. The molecule has 0 fully saturated rings. The molecule has 1 aliphatic heterocycles. The first-order chi connectivity index (χ1) is 13.2. The van der Waals surface area contributed by atoms with Gasteiger partial charge in [-0.25, -0.2) is 4.79 Å². The Balaban J connectivity index is 2.22. The fourth-order valence-electron chi connectivity index (χ4n) is 4.15. The average molecular weight is 366 g/mol. The van der Waals surface area contributed by atoms with Crippen LogP contribution < -0.4 is 4.90 Å². The third kappa shape index (κ3) is 3.59. The zero-order valence-corrected chi connectivity index (χ0v) is 17.0. The van der Waals surface area contributed by atoms with Crippen molar-refractivity contribution >= 4 is 17.4 Å². The maximum absolute atomic E-state index is 13.5. The Morgan fingerprint density at radius 2 is 1.48 bits per heavy atom. The van der Waals surface area contributed by atoms with Crippen molar-refractivity contribution in [3.8, 4) is 0 Å². The minimum Gasteiger partial charge on any atom is -0.325 e. The second-order valence-corrected chi connectivity index (χ2v) is 6.92. The van der Waals surface area contributed by atoms with E-state index >= 15 is 0 Å². The first-order valence-electron chi connectivity index (χ1n) is 10.2. The number of amides is 2. The van der Waals surface area contributed by atoms with E-state index in [-0.39, 0.29) is 12.1 Å². The van der Waals surface area contributed by atoms with Crippen molar-refractivity contribution < 1.29 is 4.79 Å². The maximum Gasteiger partial charge on any atom is 0.329 e. The van der Waals surface area contributed by atoms with Crippen LogP contribution in [0.3, 0.4) is 0 Å². The Labute approximate surface area is 163 Å². The van der Waals surface area contributed by atoms with Gasteiger partial charge < -0.3 is 4.90 Å². The molecule has 2 amide bonds. The summed E-state index contributed by atoms with van der Waals surface area (Å²) >= 11 is 0. The summed E-state index contributed by atoms with van der Waals surface area (Å²) in [5.41, 5.74) is 4.48. The molecule has 1 atom stereocenters. The normalized spacial score (nSPS) is 15.9. The highest BCUT2D eigenvalue weighted by Crippen LogP contribution is 2.42. The topological polar surface area (TPSA) is 26.8 Å². The van der Waals surface area contributed by atoms with Crippen molar-refractivity contribution in [1.82, 2.24) is 9.80 Å². The summed E-state index contributed by atoms with van der Waals surface area (Å²) in [6.07, 6.45) is 0.914. The highest BCUT2D eigenvalue weighted by Gasteiger charge is 2.33. The Kier molecular flexibility index (Phi) is 6.17. The van der Waals surface area contributed by atoms with E-state index in [4.69, 9.17) is 0 Å². The van der Waals surface area contributed by atoms with Crippen molar-refractivity contribution in [2.24, 2.45) is 0 Å². The summed E-state index contributed by atoms with van der Waals surface area (Å²) in [5.74, 6) is 0. The molecule has 0 saturated heterocycles. The molecule has 0 aliphatic carbocycles. The van der Waals surface area contributed by atoms with E-state index < -0.39 is 0 Å². The molecule has 1 heterocycles. The number of hydrogen-bond acceptors (Lipinski definition) is 2. The number of urea groups is 1. The van der Waals surface area contributed by atoms with Crippen LogP contribution in [0, 0.1) is 0 Å². The van der Waals surface area contributed by atoms with E-state index in [9.17, 15) is 4.79 Å². The lowest BCUT2D eigenvalue weighted by Crippen LogP contribution is -2.41. The van der Waals surface area contributed by atoms with Crippen LogP contribution in [0.4, 0.5) is 16.2 Å². The number of nitrogens with zero attached hydrogens (tertiary/aromatic N) is 3. The van der Waals surface area contributed by atoms with E-state index in [2.05, 4.69) is 55.1 Å². The molecule has 27 heavy (non-hydrogen) atoms. The summed E-state index contributed by atoms with van der Waals surface area (Å²) < 4.78 is 0. The molecule has 0 radical (unpaired) electrons. The van der Waals surface area contributed by atoms with Crippen LogP contribution in [0.1, 0.15) is 44.9 Å². The van der Waals surface area contributed by atoms with Gasteiger partial charge in [0.05, 0.1) is 11.4 Å². The molecule has 4 heteroatoms. The maximum atomic E-state index is 13.5. The lowest BCUT2D eigenvalue weighted by atomic mass is 9.97. The van der Waals surface area contributed by atoms with Crippen LogP contribution in [-0.4, -0.2) is 42.0 Å². The van der Waals surface area contributed by atoms with E-state index in [1.807, 2.05) is 35.8 Å². The summed E-state index contributed by atoms with van der Waals surface area (Å²) in [4.78, 5) is 19.8. The van der Waals surface area contributed by atoms with Gasteiger partial charge in [0.25, 0.3) is 0 Å². The van der Waals surface area contributed by atoms with Gasteiger partial charge in [-0.3, -0.25) is 9.80 Å². The summed E-state index contributed by atoms with van der Waals surface area (Å²) in [5, 5.41) is 0. The van der Waals surface area contributed by atoms with Crippen molar-refractivity contribution in [3.63, 3.8) is 0 Å². The van der Waals surface area contributed by atoms with Crippen molar-refractivity contribution in [3.05, 3.63) is 59.7 Å². The van der Waals surface area contributed by atoms with Crippen LogP contribution in [0.15, 0.2) is 48.5 Å². The van der Waals surface area contributed by atoms with E-state index in [0.29, 0.717) is 13.1 Å². The monoisotopic (exact) mass is 365 g/mol. The van der Waals surface area contributed by atoms with Gasteiger partial charge in [-0.2, -0.15) is 0 Å². The lowest BCUT2D eigenvalue weighted by Gasteiger charge is -2.32. The minimum atomic E-state index is 0.0556. The Bertz CT molecular complexity index is 781. The van der Waals surface area contributed by atoms with Gasteiger partial charge in [0, 0.05) is 19.1 Å². The second-order valence-electron chi connectivity index (χ2n) is 6.92. The van der Waals surface area contributed by atoms with Crippen LogP contribution in [0.2, 0.25) is 0 Å². The zero-order chi connectivity index (χ0) is 19.4. The SMILES string of the molecule is CCN(CC)C(=O)N1c2ccccc2C[C@@H](N(CC)CC)c2ccccc21. The Morgan fingerprint density at radius 3 is 2.11 bits per heavy atom. The van der Waals surface area contributed by atoms with Gasteiger partial charge >= 0.3 is 6.03 Å². The van der Waals surface area contributed by atoms with E-state index in [1.54, 1.807) is 0 Å². The van der Waals surface area contributed by atoms with Gasteiger partial charge in [0.15, 0.2) is 0 Å². The number of fused-ring (bicyclic) bond motifs is 2. The van der Waals surface area contributed by atoms with E-state index in [1.165, 1.54) is 11.1 Å². The molecule has 0 unspecified atom stereocenters. The van der Waals surface area contributed by atoms with E-state index in [0.717, 1.165) is 30.9 Å². The van der Waals surface area contributed by atoms with Gasteiger partial charge in [-0.05, 0) is 56.6 Å². The summed E-state index contributed by atoms with van der Waals surface area (Å²) in [6.45, 7) is 11.9. The first kappa shape index (κ1) is 19.4. The summed E-state index contributed by atoms with van der Waals surface area (Å²) in [6, 6.07) is 17.1. The molecule has 0 aromatic heterocycles. The summed E-state index contributed by atoms with van der Waals surface area (Å²) in [7, 11) is 0. The lowest BCUT2D eigenvalue weighted by molar-refractivity contribution is 0.212. The molecule has 0 saturated carbocycles. The molecular weight excluding hydrogens is 334 g/mol. The largest absolute Gasteiger partial charge is 0.329 e. The van der Waals surface area contributed by atoms with Crippen LogP contribution in [-0.2, 0) is 6.42 Å². The minimum absolute atomic E-state index is 0.0556. The van der Waals surface area contributed by atoms with Gasteiger partial charge in [0.2, 0.25) is 0 Å². The Morgan fingerprint density at radius 1 is 0.889 bits per heavy atom. The van der Waals surface area contributed by atoms with Crippen LogP contribution in [0.25, 0.3) is 0 Å². The number of anilines is 2. The number of rotatable bonds is 5. The van der Waals surface area contributed by atoms with Crippen molar-refractivity contribution in [1.29, 1.82) is 0 Å². The standard InChI is InChI=1S/C23H31N3O/c1-5-24(6-2)22-17-18-13-9-11-15-20(18)26(23(27)25(7-3)8-4)21-16-12-10-14-19(21)22/h9-16,22H,5-8,17H2,1-4H3/t22-/m1/s1. The molecule has 0 spiro atoms. The quantitative estimate of drug-likeness (QED) is 0.726. The molecule has 144 valence electrons. The third-order valence-corrected chi connectivity index (χ3v) is 5.66. The number of hydrogen-bond donors (Lipinski definition) is 0. The number of carbonyl (C=O) groups excluding carboxylic acids is 1. The average Bonchev–Trinajstić information content (AvgIpc) is 2.84. The highest BCUT2D eigenvalue weighted by atomic mass is 16.2. The predicted octanol–water partition coefficient (Wildman–Crippen LogP) is 5.23. The van der Waals surface area contributed by atoms with Crippen LogP contribution in [0.5, 0.6) is 0 Å². The fraction of sp³-hybridized carbons (Fsp3) is 0.435. The second kappa shape index (κ2) is 8.57. The van der Waals surface area contributed by atoms with Crippen molar-refractivity contribution in [2.45, 2.75) is 40.2 Å². The molecule has 1 aliphatic rings.